The normalized spacial score (nSPS) is 11.6. The predicted molar refractivity (Wildman–Crippen MR) is 82.2 cm³/mol. The van der Waals surface area contributed by atoms with Gasteiger partial charge in [0.05, 0.1) is 5.56 Å². The molecule has 0 fully saturated rings. The molecule has 21 heavy (non-hydrogen) atoms. The summed E-state index contributed by atoms with van der Waals surface area (Å²) in [4.78, 5) is 10.3. The fourth-order valence-corrected chi connectivity index (χ4v) is 2.16. The lowest BCUT2D eigenvalue weighted by Crippen LogP contribution is -1.93. The predicted octanol–water partition coefficient (Wildman–Crippen LogP) is 5.17. The van der Waals surface area contributed by atoms with E-state index in [1.807, 2.05) is 0 Å². The molecular weight excluding hydrogens is 295 g/mol. The second-order valence-electron chi connectivity index (χ2n) is 4.91. The Labute approximate surface area is 129 Å². The van der Waals surface area contributed by atoms with Gasteiger partial charge in [-0.3, -0.25) is 4.79 Å². The molecule has 1 rings (SSSR count). The second-order valence-corrected chi connectivity index (χ2v) is 5.35. The summed E-state index contributed by atoms with van der Waals surface area (Å²) in [6.07, 6.45) is 6.53. The van der Waals surface area contributed by atoms with Crippen LogP contribution in [0.25, 0.3) is 5.83 Å². The van der Waals surface area contributed by atoms with Gasteiger partial charge < -0.3 is 10.2 Å². The molecular formula is C16H20ClFO3. The van der Waals surface area contributed by atoms with E-state index in [-0.39, 0.29) is 17.7 Å². The van der Waals surface area contributed by atoms with Crippen molar-refractivity contribution in [1.29, 1.82) is 0 Å². The smallest absolute Gasteiger partial charge is 0.303 e. The molecule has 0 bridgehead atoms. The maximum absolute atomic E-state index is 13.9. The lowest BCUT2D eigenvalue weighted by molar-refractivity contribution is -0.137. The Morgan fingerprint density at radius 3 is 2.57 bits per heavy atom. The number of carbonyl (C=O) groups is 1. The number of phenols is 1. The summed E-state index contributed by atoms with van der Waals surface area (Å²) < 4.78 is 13.9. The molecule has 2 N–H and O–H groups in total. The van der Waals surface area contributed by atoms with Gasteiger partial charge >= 0.3 is 5.97 Å². The molecule has 0 aliphatic heterocycles. The minimum Gasteiger partial charge on any atom is -0.507 e. The van der Waals surface area contributed by atoms with Crippen LogP contribution < -0.4 is 0 Å². The maximum Gasteiger partial charge on any atom is 0.303 e. The number of aromatic hydroxyl groups is 1. The molecule has 0 aliphatic carbocycles. The molecule has 0 radical (unpaired) electrons. The van der Waals surface area contributed by atoms with Crippen LogP contribution in [-0.4, -0.2) is 16.2 Å². The number of carboxylic acid groups (broad SMARTS) is 1. The van der Waals surface area contributed by atoms with E-state index in [4.69, 9.17) is 16.7 Å². The Morgan fingerprint density at radius 1 is 1.19 bits per heavy atom. The Kier molecular flexibility index (Phi) is 7.83. The highest BCUT2D eigenvalue weighted by Gasteiger charge is 2.07. The van der Waals surface area contributed by atoms with Crippen molar-refractivity contribution < 1.29 is 19.4 Å². The van der Waals surface area contributed by atoms with Crippen molar-refractivity contribution >= 4 is 23.4 Å². The summed E-state index contributed by atoms with van der Waals surface area (Å²) in [5.74, 6) is -1.36. The molecule has 0 atom stereocenters. The number of carboxylic acids is 1. The monoisotopic (exact) mass is 314 g/mol. The Morgan fingerprint density at radius 2 is 1.86 bits per heavy atom. The number of hydrogen-bond donors (Lipinski definition) is 2. The van der Waals surface area contributed by atoms with Crippen LogP contribution >= 0.6 is 11.6 Å². The van der Waals surface area contributed by atoms with Crippen LogP contribution in [0.1, 0.15) is 50.5 Å². The highest BCUT2D eigenvalue weighted by atomic mass is 35.5. The molecule has 0 saturated carbocycles. The first-order valence-electron chi connectivity index (χ1n) is 7.07. The lowest BCUT2D eigenvalue weighted by Gasteiger charge is -2.03. The summed E-state index contributed by atoms with van der Waals surface area (Å²) in [7, 11) is 0. The molecule has 0 aliphatic rings. The van der Waals surface area contributed by atoms with E-state index in [2.05, 4.69) is 0 Å². The zero-order chi connectivity index (χ0) is 15.7. The maximum atomic E-state index is 13.9. The molecule has 0 heterocycles. The topological polar surface area (TPSA) is 57.5 Å². The van der Waals surface area contributed by atoms with Crippen molar-refractivity contribution in [3.63, 3.8) is 0 Å². The molecule has 116 valence electrons. The van der Waals surface area contributed by atoms with Crippen molar-refractivity contribution in [3.8, 4) is 5.75 Å². The zero-order valence-electron chi connectivity index (χ0n) is 11.8. The Hall–Kier alpha value is -1.55. The molecule has 0 saturated heterocycles. The van der Waals surface area contributed by atoms with Crippen LogP contribution in [0, 0.1) is 0 Å². The largest absolute Gasteiger partial charge is 0.507 e. The average Bonchev–Trinajstić information content (AvgIpc) is 2.43. The van der Waals surface area contributed by atoms with Crippen molar-refractivity contribution in [3.05, 3.63) is 34.9 Å². The molecule has 1 aromatic rings. The number of hydrogen-bond acceptors (Lipinski definition) is 2. The first-order chi connectivity index (χ1) is 10.0. The van der Waals surface area contributed by atoms with Gasteiger partial charge in [-0.25, -0.2) is 4.39 Å². The summed E-state index contributed by atoms with van der Waals surface area (Å²) in [5.41, 5.74) is 0.115. The van der Waals surface area contributed by atoms with Crippen molar-refractivity contribution in [2.45, 2.75) is 44.9 Å². The van der Waals surface area contributed by atoms with E-state index in [9.17, 15) is 14.3 Å². The molecule has 0 unspecified atom stereocenters. The Balaban J connectivity index is 2.27. The van der Waals surface area contributed by atoms with Gasteiger partial charge in [0.25, 0.3) is 0 Å². The number of rotatable bonds is 9. The van der Waals surface area contributed by atoms with E-state index in [1.54, 1.807) is 0 Å². The van der Waals surface area contributed by atoms with Crippen LogP contribution in [0.3, 0.4) is 0 Å². The van der Waals surface area contributed by atoms with Gasteiger partial charge in [0.1, 0.15) is 11.6 Å². The minimum absolute atomic E-state index is 0.115. The van der Waals surface area contributed by atoms with Crippen molar-refractivity contribution in [1.82, 2.24) is 0 Å². The van der Waals surface area contributed by atoms with E-state index in [0.29, 0.717) is 17.9 Å². The van der Waals surface area contributed by atoms with E-state index >= 15 is 0 Å². The van der Waals surface area contributed by atoms with E-state index in [1.165, 1.54) is 24.3 Å². The van der Waals surface area contributed by atoms with Crippen LogP contribution in [0.4, 0.5) is 4.39 Å². The van der Waals surface area contributed by atoms with Crippen LogP contribution in [0.2, 0.25) is 5.02 Å². The highest BCUT2D eigenvalue weighted by Crippen LogP contribution is 2.29. The third-order valence-electron chi connectivity index (χ3n) is 3.13. The lowest BCUT2D eigenvalue weighted by atomic mass is 10.1. The SMILES string of the molecule is O=C(O)CCCCCCC/C=C(\F)c1cc(Cl)ccc1O. The van der Waals surface area contributed by atoms with E-state index in [0.717, 1.165) is 25.7 Å². The number of allylic oxidation sites excluding steroid dienone is 1. The number of phenolic OH excluding ortho intramolecular Hbond substituents is 1. The van der Waals surface area contributed by atoms with Gasteiger partial charge in [0.15, 0.2) is 0 Å². The van der Waals surface area contributed by atoms with E-state index < -0.39 is 11.8 Å². The summed E-state index contributed by atoms with van der Waals surface area (Å²) >= 11 is 5.77. The van der Waals surface area contributed by atoms with Crippen molar-refractivity contribution in [2.24, 2.45) is 0 Å². The quantitative estimate of drug-likeness (QED) is 0.618. The van der Waals surface area contributed by atoms with Crippen LogP contribution in [0.15, 0.2) is 24.3 Å². The van der Waals surface area contributed by atoms with Gasteiger partial charge in [-0.2, -0.15) is 0 Å². The standard InChI is InChI=1S/C16H20ClFO3/c17-12-9-10-15(19)13(11-12)14(18)7-5-3-1-2-4-6-8-16(20)21/h7,9-11,19H,1-6,8H2,(H,20,21)/b14-7-. The molecule has 0 aromatic heterocycles. The third kappa shape index (κ3) is 7.14. The fourth-order valence-electron chi connectivity index (χ4n) is 1.99. The summed E-state index contributed by atoms with van der Waals surface area (Å²) in [6.45, 7) is 0. The first kappa shape index (κ1) is 17.5. The number of benzene rings is 1. The van der Waals surface area contributed by atoms with Gasteiger partial charge in [-0.15, -0.1) is 0 Å². The van der Waals surface area contributed by atoms with Gasteiger partial charge in [-0.05, 0) is 43.5 Å². The Bertz CT molecular complexity index is 500. The molecule has 1 aromatic carbocycles. The van der Waals surface area contributed by atoms with Gasteiger partial charge in [0.2, 0.25) is 0 Å². The van der Waals surface area contributed by atoms with Gasteiger partial charge in [0, 0.05) is 11.4 Å². The number of halogens is 2. The molecule has 3 nitrogen and oxygen atoms in total. The molecule has 0 spiro atoms. The summed E-state index contributed by atoms with van der Waals surface area (Å²) in [5, 5.41) is 18.4. The zero-order valence-corrected chi connectivity index (χ0v) is 12.6. The minimum atomic E-state index is -0.763. The summed E-state index contributed by atoms with van der Waals surface area (Å²) in [6, 6.07) is 4.27. The van der Waals surface area contributed by atoms with Crippen LogP contribution in [0.5, 0.6) is 5.75 Å². The average molecular weight is 315 g/mol. The second kappa shape index (κ2) is 9.40. The molecule has 5 heteroatoms. The third-order valence-corrected chi connectivity index (χ3v) is 3.37. The first-order valence-corrected chi connectivity index (χ1v) is 7.45. The van der Waals surface area contributed by atoms with Gasteiger partial charge in [-0.1, -0.05) is 30.9 Å². The molecule has 0 amide bonds. The fraction of sp³-hybridized carbons (Fsp3) is 0.438. The number of aliphatic carboxylic acids is 1. The highest BCUT2D eigenvalue weighted by molar-refractivity contribution is 6.30. The van der Waals surface area contributed by atoms with Crippen molar-refractivity contribution in [2.75, 3.05) is 0 Å². The number of unbranched alkanes of at least 4 members (excludes halogenated alkanes) is 5. The van der Waals surface area contributed by atoms with Crippen LogP contribution in [-0.2, 0) is 4.79 Å².